The lowest BCUT2D eigenvalue weighted by Crippen LogP contribution is -2.00. The average Bonchev–Trinajstić information content (AvgIpc) is 2.25. The fraction of sp³-hybridized carbons (Fsp3) is 0.333. The minimum Gasteiger partial charge on any atom is -0.294 e. The van der Waals surface area contributed by atoms with Crippen LogP contribution in [-0.2, 0) is 0 Å². The zero-order valence-electron chi connectivity index (χ0n) is 8.59. The lowest BCUT2D eigenvalue weighted by atomic mass is 10.0. The average molecular weight is 205 g/mol. The molecule has 2 nitrogen and oxygen atoms in total. The number of rotatable bonds is 4. The molecule has 0 radical (unpaired) electrons. The molecule has 0 unspecified atom stereocenters. The number of Topliss-reactive ketones (excluding diaryl/α,β-unsaturated/α-hetero) is 1. The predicted molar refractivity (Wildman–Crippen MR) is 55.0 cm³/mol. The fourth-order valence-electron chi connectivity index (χ4n) is 1.26. The predicted octanol–water partition coefficient (Wildman–Crippen LogP) is 3.07. The van der Waals surface area contributed by atoms with Crippen molar-refractivity contribution in [2.45, 2.75) is 26.2 Å². The Morgan fingerprint density at radius 3 is 2.80 bits per heavy atom. The van der Waals surface area contributed by atoms with Crippen LogP contribution in [0.1, 0.15) is 42.1 Å². The van der Waals surface area contributed by atoms with E-state index in [1.807, 2.05) is 6.92 Å². The van der Waals surface area contributed by atoms with Crippen molar-refractivity contribution in [3.8, 4) is 6.07 Å². The molecule has 0 aliphatic rings. The molecule has 1 aromatic carbocycles. The van der Waals surface area contributed by atoms with Gasteiger partial charge in [0.25, 0.3) is 0 Å². The van der Waals surface area contributed by atoms with E-state index in [2.05, 4.69) is 0 Å². The van der Waals surface area contributed by atoms with E-state index in [0.717, 1.165) is 18.9 Å². The van der Waals surface area contributed by atoms with Gasteiger partial charge in [0, 0.05) is 12.0 Å². The smallest absolute Gasteiger partial charge is 0.162 e. The molecule has 1 aromatic rings. The summed E-state index contributed by atoms with van der Waals surface area (Å²) in [4.78, 5) is 11.5. The van der Waals surface area contributed by atoms with E-state index in [-0.39, 0.29) is 11.3 Å². The summed E-state index contributed by atoms with van der Waals surface area (Å²) in [5, 5.41) is 8.51. The Morgan fingerprint density at radius 1 is 1.53 bits per heavy atom. The van der Waals surface area contributed by atoms with E-state index in [9.17, 15) is 9.18 Å². The van der Waals surface area contributed by atoms with Crippen molar-refractivity contribution in [3.05, 3.63) is 35.1 Å². The molecule has 0 saturated carbocycles. The van der Waals surface area contributed by atoms with E-state index in [1.165, 1.54) is 12.1 Å². The van der Waals surface area contributed by atoms with Gasteiger partial charge in [0.15, 0.2) is 5.78 Å². The molecule has 0 amide bonds. The van der Waals surface area contributed by atoms with Gasteiger partial charge in [-0.15, -0.1) is 0 Å². The largest absolute Gasteiger partial charge is 0.294 e. The third-order valence-corrected chi connectivity index (χ3v) is 2.17. The molecule has 0 atom stereocenters. The lowest BCUT2D eigenvalue weighted by Gasteiger charge is -2.00. The van der Waals surface area contributed by atoms with Crippen LogP contribution in [0.4, 0.5) is 4.39 Å². The van der Waals surface area contributed by atoms with Gasteiger partial charge in [0.05, 0.1) is 5.56 Å². The van der Waals surface area contributed by atoms with Crippen LogP contribution in [0.15, 0.2) is 18.2 Å². The molecule has 0 saturated heterocycles. The van der Waals surface area contributed by atoms with Gasteiger partial charge in [0.2, 0.25) is 0 Å². The SMILES string of the molecule is CCCCC(=O)c1ccc(C#N)c(F)c1. The Hall–Kier alpha value is -1.69. The maximum atomic E-state index is 13.2. The summed E-state index contributed by atoms with van der Waals surface area (Å²) in [6.45, 7) is 1.99. The molecule has 0 fully saturated rings. The standard InChI is InChI=1S/C12H12FNO/c1-2-3-4-12(15)9-5-6-10(8-14)11(13)7-9/h5-7H,2-4H2,1H3. The van der Waals surface area contributed by atoms with Gasteiger partial charge < -0.3 is 0 Å². The van der Waals surface area contributed by atoms with Crippen molar-refractivity contribution in [1.29, 1.82) is 5.26 Å². The van der Waals surface area contributed by atoms with E-state index in [0.29, 0.717) is 12.0 Å². The summed E-state index contributed by atoms with van der Waals surface area (Å²) in [5.41, 5.74) is 0.321. The van der Waals surface area contributed by atoms with Crippen LogP contribution in [0.5, 0.6) is 0 Å². The van der Waals surface area contributed by atoms with Crippen LogP contribution in [0.25, 0.3) is 0 Å². The number of nitriles is 1. The topological polar surface area (TPSA) is 40.9 Å². The van der Waals surface area contributed by atoms with Gasteiger partial charge in [-0.3, -0.25) is 4.79 Å². The van der Waals surface area contributed by atoms with E-state index in [4.69, 9.17) is 5.26 Å². The summed E-state index contributed by atoms with van der Waals surface area (Å²) < 4.78 is 13.2. The van der Waals surface area contributed by atoms with E-state index >= 15 is 0 Å². The van der Waals surface area contributed by atoms with Gasteiger partial charge in [0.1, 0.15) is 11.9 Å². The molecule has 0 aromatic heterocycles. The molecule has 0 heterocycles. The highest BCUT2D eigenvalue weighted by atomic mass is 19.1. The number of carbonyl (C=O) groups is 1. The van der Waals surface area contributed by atoms with Crippen LogP contribution in [0, 0.1) is 17.1 Å². The molecular weight excluding hydrogens is 193 g/mol. The number of nitrogens with zero attached hydrogens (tertiary/aromatic N) is 1. The number of ketones is 1. The fourth-order valence-corrected chi connectivity index (χ4v) is 1.26. The second-order valence-corrected chi connectivity index (χ2v) is 3.33. The lowest BCUT2D eigenvalue weighted by molar-refractivity contribution is 0.0979. The van der Waals surface area contributed by atoms with Crippen molar-refractivity contribution in [2.75, 3.05) is 0 Å². The molecule has 1 rings (SSSR count). The van der Waals surface area contributed by atoms with Crippen molar-refractivity contribution >= 4 is 5.78 Å². The van der Waals surface area contributed by atoms with Crippen LogP contribution in [0.2, 0.25) is 0 Å². The normalized spacial score (nSPS) is 9.67. The van der Waals surface area contributed by atoms with Crippen LogP contribution in [-0.4, -0.2) is 5.78 Å². The molecule has 0 aliphatic carbocycles. The molecule has 0 spiro atoms. The summed E-state index contributed by atoms with van der Waals surface area (Å²) in [7, 11) is 0. The first kappa shape index (κ1) is 11.4. The highest BCUT2D eigenvalue weighted by Gasteiger charge is 2.08. The number of hydrogen-bond donors (Lipinski definition) is 0. The number of unbranched alkanes of at least 4 members (excludes halogenated alkanes) is 1. The molecule has 0 aliphatic heterocycles. The highest BCUT2D eigenvalue weighted by molar-refractivity contribution is 5.96. The molecule has 78 valence electrons. The zero-order valence-corrected chi connectivity index (χ0v) is 8.59. The van der Waals surface area contributed by atoms with Crippen LogP contribution in [0.3, 0.4) is 0 Å². The van der Waals surface area contributed by atoms with Gasteiger partial charge in [-0.25, -0.2) is 4.39 Å². The molecular formula is C12H12FNO. The minimum atomic E-state index is -0.625. The number of halogens is 1. The van der Waals surface area contributed by atoms with Crippen molar-refractivity contribution in [2.24, 2.45) is 0 Å². The van der Waals surface area contributed by atoms with Gasteiger partial charge in [-0.1, -0.05) is 13.3 Å². The van der Waals surface area contributed by atoms with Gasteiger partial charge in [-0.05, 0) is 24.6 Å². The summed E-state index contributed by atoms with van der Waals surface area (Å²) in [6.07, 6.45) is 2.17. The number of carbonyl (C=O) groups excluding carboxylic acids is 1. The molecule has 3 heteroatoms. The van der Waals surface area contributed by atoms with Gasteiger partial charge in [-0.2, -0.15) is 5.26 Å². The Labute approximate surface area is 88.3 Å². The maximum Gasteiger partial charge on any atom is 0.162 e. The molecule has 0 N–H and O–H groups in total. The first-order valence-electron chi connectivity index (χ1n) is 4.92. The van der Waals surface area contributed by atoms with Crippen molar-refractivity contribution in [1.82, 2.24) is 0 Å². The van der Waals surface area contributed by atoms with Crippen molar-refractivity contribution in [3.63, 3.8) is 0 Å². The summed E-state index contributed by atoms with van der Waals surface area (Å²) in [5.74, 6) is -0.694. The second kappa shape index (κ2) is 5.26. The van der Waals surface area contributed by atoms with E-state index < -0.39 is 5.82 Å². The Morgan fingerprint density at radius 2 is 2.27 bits per heavy atom. The van der Waals surface area contributed by atoms with Crippen LogP contribution < -0.4 is 0 Å². The second-order valence-electron chi connectivity index (χ2n) is 3.33. The first-order chi connectivity index (χ1) is 7.19. The Kier molecular flexibility index (Phi) is 3.99. The minimum absolute atomic E-state index is 0.0259. The van der Waals surface area contributed by atoms with Crippen molar-refractivity contribution < 1.29 is 9.18 Å². The number of hydrogen-bond acceptors (Lipinski definition) is 2. The monoisotopic (exact) mass is 205 g/mol. The number of benzene rings is 1. The third kappa shape index (κ3) is 2.88. The van der Waals surface area contributed by atoms with Crippen LogP contribution >= 0.6 is 0 Å². The molecule has 15 heavy (non-hydrogen) atoms. The van der Waals surface area contributed by atoms with E-state index in [1.54, 1.807) is 6.07 Å². The highest BCUT2D eigenvalue weighted by Crippen LogP contribution is 2.12. The first-order valence-corrected chi connectivity index (χ1v) is 4.92. The zero-order chi connectivity index (χ0) is 11.3. The Bertz CT molecular complexity index is 407. The molecule has 0 bridgehead atoms. The van der Waals surface area contributed by atoms with Gasteiger partial charge >= 0.3 is 0 Å². The Balaban J connectivity index is 2.84. The maximum absolute atomic E-state index is 13.2. The summed E-state index contributed by atoms with van der Waals surface area (Å²) in [6, 6.07) is 5.70. The third-order valence-electron chi connectivity index (χ3n) is 2.17. The quantitative estimate of drug-likeness (QED) is 0.709. The summed E-state index contributed by atoms with van der Waals surface area (Å²) >= 11 is 0.